The summed E-state index contributed by atoms with van der Waals surface area (Å²) >= 11 is 0. The van der Waals surface area contributed by atoms with Crippen molar-refractivity contribution >= 4 is 5.91 Å². The lowest BCUT2D eigenvalue weighted by Gasteiger charge is -2.34. The first kappa shape index (κ1) is 16.6. The molecule has 0 spiro atoms. The maximum absolute atomic E-state index is 12.4. The largest absolute Gasteiger partial charge is 0.339 e. The van der Waals surface area contributed by atoms with Crippen LogP contribution in [-0.2, 0) is 13.0 Å². The summed E-state index contributed by atoms with van der Waals surface area (Å²) in [5.74, 6) is 1.99. The first-order chi connectivity index (χ1) is 11.6. The van der Waals surface area contributed by atoms with Gasteiger partial charge in [0.25, 0.3) is 5.91 Å². The Bertz CT molecular complexity index is 663. The van der Waals surface area contributed by atoms with E-state index in [0.29, 0.717) is 37.0 Å². The zero-order valence-electron chi connectivity index (χ0n) is 14.2. The Hall–Kier alpha value is -2.28. The van der Waals surface area contributed by atoms with Gasteiger partial charge in [0.2, 0.25) is 5.89 Å². The zero-order valence-corrected chi connectivity index (χ0v) is 14.2. The van der Waals surface area contributed by atoms with Gasteiger partial charge < -0.3 is 9.42 Å². The van der Waals surface area contributed by atoms with Crippen LogP contribution in [0.5, 0.6) is 0 Å². The van der Waals surface area contributed by atoms with Crippen LogP contribution in [0.2, 0.25) is 0 Å². The molecule has 2 aromatic heterocycles. The van der Waals surface area contributed by atoms with Crippen molar-refractivity contribution in [2.45, 2.75) is 26.8 Å². The molecule has 0 radical (unpaired) electrons. The molecule has 3 heterocycles. The minimum absolute atomic E-state index is 0.0656. The average molecular weight is 329 g/mol. The van der Waals surface area contributed by atoms with Crippen LogP contribution >= 0.6 is 0 Å². The number of hydrogen-bond donors (Lipinski definition) is 0. The molecular formula is C17H23N5O2. The molecule has 1 amide bonds. The smallest absolute Gasteiger partial charge is 0.254 e. The van der Waals surface area contributed by atoms with Gasteiger partial charge >= 0.3 is 0 Å². The first-order valence-electron chi connectivity index (χ1n) is 8.35. The highest BCUT2D eigenvalue weighted by Gasteiger charge is 2.23. The second-order valence-corrected chi connectivity index (χ2v) is 6.51. The minimum atomic E-state index is 0.0656. The molecule has 1 aliphatic rings. The number of rotatable bonds is 5. The van der Waals surface area contributed by atoms with Crippen molar-refractivity contribution in [2.75, 3.05) is 26.2 Å². The van der Waals surface area contributed by atoms with E-state index in [0.717, 1.165) is 25.3 Å². The fourth-order valence-corrected chi connectivity index (χ4v) is 2.77. The highest BCUT2D eigenvalue weighted by molar-refractivity contribution is 5.94. The van der Waals surface area contributed by atoms with Gasteiger partial charge in [-0.1, -0.05) is 19.0 Å². The molecule has 0 aromatic carbocycles. The number of hydrogen-bond acceptors (Lipinski definition) is 6. The lowest BCUT2D eigenvalue weighted by atomic mass is 10.1. The van der Waals surface area contributed by atoms with Gasteiger partial charge in [0, 0.05) is 50.6 Å². The maximum Gasteiger partial charge on any atom is 0.254 e. The molecule has 1 saturated heterocycles. The third kappa shape index (κ3) is 4.17. The lowest BCUT2D eigenvalue weighted by Crippen LogP contribution is -2.48. The fraction of sp³-hybridized carbons (Fsp3) is 0.529. The van der Waals surface area contributed by atoms with Gasteiger partial charge in [0.05, 0.1) is 6.54 Å². The van der Waals surface area contributed by atoms with Gasteiger partial charge in [-0.05, 0) is 18.1 Å². The van der Waals surface area contributed by atoms with Gasteiger partial charge in [-0.25, -0.2) is 0 Å². The third-order valence-electron chi connectivity index (χ3n) is 4.04. The van der Waals surface area contributed by atoms with E-state index in [1.165, 1.54) is 0 Å². The Balaban J connectivity index is 1.50. The normalized spacial score (nSPS) is 15.9. The van der Waals surface area contributed by atoms with Crippen LogP contribution in [0.4, 0.5) is 0 Å². The molecule has 0 atom stereocenters. The Morgan fingerprint density at radius 1 is 1.21 bits per heavy atom. The first-order valence-corrected chi connectivity index (χ1v) is 8.35. The molecular weight excluding hydrogens is 306 g/mol. The molecule has 0 unspecified atom stereocenters. The Labute approximate surface area is 141 Å². The quantitative estimate of drug-likeness (QED) is 0.830. The molecule has 1 fully saturated rings. The van der Waals surface area contributed by atoms with Crippen molar-refractivity contribution in [3.63, 3.8) is 0 Å². The number of piperazine rings is 1. The number of carbonyl (C=O) groups excluding carboxylic acids is 1. The van der Waals surface area contributed by atoms with E-state index >= 15 is 0 Å². The van der Waals surface area contributed by atoms with Crippen molar-refractivity contribution in [3.05, 3.63) is 41.8 Å². The molecule has 2 aromatic rings. The van der Waals surface area contributed by atoms with E-state index in [1.807, 2.05) is 4.90 Å². The molecule has 0 bridgehead atoms. The molecule has 3 rings (SSSR count). The highest BCUT2D eigenvalue weighted by Crippen LogP contribution is 2.11. The highest BCUT2D eigenvalue weighted by atomic mass is 16.5. The van der Waals surface area contributed by atoms with Crippen molar-refractivity contribution < 1.29 is 9.32 Å². The predicted octanol–water partition coefficient (Wildman–Crippen LogP) is 1.62. The van der Waals surface area contributed by atoms with Crippen LogP contribution in [0, 0.1) is 5.92 Å². The summed E-state index contributed by atoms with van der Waals surface area (Å²) in [6, 6.07) is 3.51. The number of pyridine rings is 1. The number of amides is 1. The average Bonchev–Trinajstić information content (AvgIpc) is 3.02. The minimum Gasteiger partial charge on any atom is -0.339 e. The van der Waals surface area contributed by atoms with Gasteiger partial charge in [0.1, 0.15) is 0 Å². The van der Waals surface area contributed by atoms with Crippen LogP contribution in [0.3, 0.4) is 0 Å². The molecule has 0 saturated carbocycles. The zero-order chi connectivity index (χ0) is 16.9. The van der Waals surface area contributed by atoms with Crippen LogP contribution < -0.4 is 0 Å². The van der Waals surface area contributed by atoms with E-state index in [9.17, 15) is 4.79 Å². The van der Waals surface area contributed by atoms with E-state index in [-0.39, 0.29) is 5.91 Å². The van der Waals surface area contributed by atoms with Gasteiger partial charge in [-0.2, -0.15) is 4.98 Å². The molecule has 0 N–H and O–H groups in total. The topological polar surface area (TPSA) is 75.4 Å². The summed E-state index contributed by atoms with van der Waals surface area (Å²) in [7, 11) is 0. The summed E-state index contributed by atoms with van der Waals surface area (Å²) in [6.45, 7) is 7.95. The van der Waals surface area contributed by atoms with Gasteiger partial charge in [0.15, 0.2) is 5.82 Å². The van der Waals surface area contributed by atoms with Crippen molar-refractivity contribution in [1.29, 1.82) is 0 Å². The number of nitrogens with zero attached hydrogens (tertiary/aromatic N) is 5. The Kier molecular flexibility index (Phi) is 5.20. The van der Waals surface area contributed by atoms with Crippen molar-refractivity contribution in [1.82, 2.24) is 24.9 Å². The van der Waals surface area contributed by atoms with Crippen molar-refractivity contribution in [2.24, 2.45) is 5.92 Å². The van der Waals surface area contributed by atoms with Crippen molar-refractivity contribution in [3.8, 4) is 0 Å². The lowest BCUT2D eigenvalue weighted by molar-refractivity contribution is 0.0624. The Morgan fingerprint density at radius 2 is 1.92 bits per heavy atom. The predicted molar refractivity (Wildman–Crippen MR) is 88.3 cm³/mol. The molecule has 24 heavy (non-hydrogen) atoms. The summed E-state index contributed by atoms with van der Waals surface area (Å²) in [4.78, 5) is 24.9. The SMILES string of the molecule is CC(C)Cc1nc(CN2CCN(C(=O)c3ccncc3)CC2)no1. The molecule has 7 nitrogen and oxygen atoms in total. The van der Waals surface area contributed by atoms with E-state index in [4.69, 9.17) is 4.52 Å². The van der Waals surface area contributed by atoms with Gasteiger partial charge in [-0.15, -0.1) is 0 Å². The molecule has 0 aliphatic carbocycles. The summed E-state index contributed by atoms with van der Waals surface area (Å²) < 4.78 is 5.28. The second-order valence-electron chi connectivity index (χ2n) is 6.51. The van der Waals surface area contributed by atoms with Crippen LogP contribution in [0.25, 0.3) is 0 Å². The maximum atomic E-state index is 12.4. The molecule has 128 valence electrons. The Morgan fingerprint density at radius 3 is 2.58 bits per heavy atom. The van der Waals surface area contributed by atoms with Crippen LogP contribution in [0.1, 0.15) is 35.9 Å². The fourth-order valence-electron chi connectivity index (χ4n) is 2.77. The van der Waals surface area contributed by atoms with E-state index in [2.05, 4.69) is 33.9 Å². The van der Waals surface area contributed by atoms with Gasteiger partial charge in [-0.3, -0.25) is 14.7 Å². The second kappa shape index (κ2) is 7.53. The van der Waals surface area contributed by atoms with E-state index in [1.54, 1.807) is 24.5 Å². The van der Waals surface area contributed by atoms with Crippen LogP contribution in [-0.4, -0.2) is 57.0 Å². The molecule has 7 heteroatoms. The monoisotopic (exact) mass is 329 g/mol. The third-order valence-corrected chi connectivity index (χ3v) is 4.04. The standard InChI is InChI=1S/C17H23N5O2/c1-13(2)11-16-19-15(20-24-16)12-21-7-9-22(10-8-21)17(23)14-3-5-18-6-4-14/h3-6,13H,7-12H2,1-2H3. The summed E-state index contributed by atoms with van der Waals surface area (Å²) in [5.41, 5.74) is 0.690. The van der Waals surface area contributed by atoms with E-state index < -0.39 is 0 Å². The summed E-state index contributed by atoms with van der Waals surface area (Å²) in [5, 5.41) is 4.05. The molecule has 1 aliphatic heterocycles. The summed E-state index contributed by atoms with van der Waals surface area (Å²) in [6.07, 6.45) is 4.10. The number of aromatic nitrogens is 3. The van der Waals surface area contributed by atoms with Crippen LogP contribution in [0.15, 0.2) is 29.0 Å². The number of carbonyl (C=O) groups is 1.